The summed E-state index contributed by atoms with van der Waals surface area (Å²) < 4.78 is 5.25. The predicted octanol–water partition coefficient (Wildman–Crippen LogP) is 3.21. The zero-order chi connectivity index (χ0) is 16.2. The molecule has 0 saturated heterocycles. The summed E-state index contributed by atoms with van der Waals surface area (Å²) in [6, 6.07) is 0.313. The van der Waals surface area contributed by atoms with Crippen molar-refractivity contribution in [2.75, 3.05) is 0 Å². The Labute approximate surface area is 137 Å². The van der Waals surface area contributed by atoms with Crippen LogP contribution in [0, 0.1) is 16.7 Å². The van der Waals surface area contributed by atoms with Gasteiger partial charge in [0.1, 0.15) is 0 Å². The molecule has 5 nitrogen and oxygen atoms in total. The summed E-state index contributed by atoms with van der Waals surface area (Å²) in [5.41, 5.74) is 0.563. The fraction of sp³-hybridized carbons (Fsp3) is 0.833. The highest BCUT2D eigenvalue weighted by Gasteiger charge is 2.61. The van der Waals surface area contributed by atoms with Gasteiger partial charge >= 0.3 is 0 Å². The molecule has 3 aliphatic rings. The number of aryl methyl sites for hydroxylation is 1. The van der Waals surface area contributed by atoms with Crippen molar-refractivity contribution in [2.24, 2.45) is 16.7 Å². The van der Waals surface area contributed by atoms with Crippen LogP contribution in [0.5, 0.6) is 0 Å². The van der Waals surface area contributed by atoms with Crippen LogP contribution in [0.4, 0.5) is 0 Å². The Morgan fingerprint density at radius 2 is 2.09 bits per heavy atom. The van der Waals surface area contributed by atoms with Crippen molar-refractivity contribution in [2.45, 2.75) is 77.7 Å². The van der Waals surface area contributed by atoms with E-state index in [0.717, 1.165) is 31.0 Å². The van der Waals surface area contributed by atoms with Gasteiger partial charge in [0, 0.05) is 24.8 Å². The minimum atomic E-state index is 0.116. The van der Waals surface area contributed by atoms with Gasteiger partial charge in [-0.05, 0) is 48.9 Å². The number of nitrogens with zero attached hydrogens (tertiary/aromatic N) is 2. The Balaban J connectivity index is 1.32. The van der Waals surface area contributed by atoms with Gasteiger partial charge in [0.2, 0.25) is 11.8 Å². The lowest BCUT2D eigenvalue weighted by Crippen LogP contribution is -2.46. The van der Waals surface area contributed by atoms with Gasteiger partial charge in [-0.25, -0.2) is 0 Å². The maximum Gasteiger partial charge on any atom is 0.227 e. The summed E-state index contributed by atoms with van der Waals surface area (Å²) in [6.45, 7) is 7.09. The predicted molar refractivity (Wildman–Crippen MR) is 85.8 cm³/mol. The van der Waals surface area contributed by atoms with Gasteiger partial charge in [0.15, 0.2) is 5.82 Å². The molecule has 2 bridgehead atoms. The van der Waals surface area contributed by atoms with Crippen molar-refractivity contribution in [3.63, 3.8) is 0 Å². The third kappa shape index (κ3) is 2.39. The Morgan fingerprint density at radius 1 is 1.30 bits per heavy atom. The molecule has 1 amide bonds. The number of aromatic nitrogens is 2. The zero-order valence-corrected chi connectivity index (χ0v) is 14.4. The van der Waals surface area contributed by atoms with Crippen molar-refractivity contribution in [3.05, 3.63) is 11.7 Å². The third-order valence-electron chi connectivity index (χ3n) is 7.12. The van der Waals surface area contributed by atoms with E-state index in [4.69, 9.17) is 4.52 Å². The standard InChI is InChI=1S/C18H27N3O2/c1-17(2)12-8-9-18(17,3)13(10-12)19-14(22)6-7-15-20-16(21-23-15)11-4-5-11/h11-13H,4-10H2,1-3H3,(H,19,22)/t12-,13-,18-/m0/s1. The molecule has 3 atom stereocenters. The fourth-order valence-corrected chi connectivity index (χ4v) is 4.79. The first kappa shape index (κ1) is 15.2. The Hall–Kier alpha value is -1.39. The van der Waals surface area contributed by atoms with Crippen molar-refractivity contribution in [1.82, 2.24) is 15.5 Å². The summed E-state index contributed by atoms with van der Waals surface area (Å²) in [6.07, 6.45) is 6.96. The smallest absolute Gasteiger partial charge is 0.227 e. The first-order valence-corrected chi connectivity index (χ1v) is 9.02. The molecule has 0 aromatic carbocycles. The van der Waals surface area contributed by atoms with Gasteiger partial charge in [-0.15, -0.1) is 0 Å². The molecule has 5 heteroatoms. The lowest BCUT2D eigenvalue weighted by atomic mass is 9.69. The van der Waals surface area contributed by atoms with E-state index < -0.39 is 0 Å². The molecule has 1 heterocycles. The van der Waals surface area contributed by atoms with E-state index in [1.165, 1.54) is 12.8 Å². The molecule has 0 spiro atoms. The fourth-order valence-electron chi connectivity index (χ4n) is 4.79. The summed E-state index contributed by atoms with van der Waals surface area (Å²) in [5, 5.41) is 7.29. The second-order valence-corrected chi connectivity index (χ2v) is 8.55. The number of hydrogen-bond donors (Lipinski definition) is 1. The highest BCUT2D eigenvalue weighted by molar-refractivity contribution is 5.76. The van der Waals surface area contributed by atoms with Crippen LogP contribution in [0.2, 0.25) is 0 Å². The summed E-state index contributed by atoms with van der Waals surface area (Å²) in [7, 11) is 0. The van der Waals surface area contributed by atoms with E-state index in [1.807, 2.05) is 0 Å². The lowest BCUT2D eigenvalue weighted by Gasteiger charge is -2.39. The normalized spacial score (nSPS) is 34.7. The minimum absolute atomic E-state index is 0.116. The Morgan fingerprint density at radius 3 is 2.70 bits per heavy atom. The second kappa shape index (κ2) is 5.05. The number of nitrogens with one attached hydrogen (secondary N) is 1. The van der Waals surface area contributed by atoms with E-state index >= 15 is 0 Å². The molecule has 0 unspecified atom stereocenters. The van der Waals surface area contributed by atoms with Crippen LogP contribution in [0.3, 0.4) is 0 Å². The minimum Gasteiger partial charge on any atom is -0.353 e. The molecule has 3 aliphatic carbocycles. The number of amides is 1. The topological polar surface area (TPSA) is 68.0 Å². The number of fused-ring (bicyclic) bond motifs is 2. The Bertz CT molecular complexity index is 620. The average molecular weight is 317 g/mol. The van der Waals surface area contributed by atoms with Crippen molar-refractivity contribution in [1.29, 1.82) is 0 Å². The molecule has 0 aliphatic heterocycles. The number of rotatable bonds is 5. The van der Waals surface area contributed by atoms with Crippen LogP contribution in [-0.4, -0.2) is 22.1 Å². The van der Waals surface area contributed by atoms with Gasteiger partial charge in [0.05, 0.1) is 0 Å². The summed E-state index contributed by atoms with van der Waals surface area (Å²) in [4.78, 5) is 16.7. The molecule has 1 N–H and O–H groups in total. The SMILES string of the molecule is CC1(C)[C@H]2CC[C@@]1(C)[C@@H](NC(=O)CCc1nc(C3CC3)no1)C2. The lowest BCUT2D eigenvalue weighted by molar-refractivity contribution is -0.122. The molecule has 1 aromatic rings. The monoisotopic (exact) mass is 317 g/mol. The van der Waals surface area contributed by atoms with Crippen LogP contribution in [0.15, 0.2) is 4.52 Å². The first-order valence-electron chi connectivity index (χ1n) is 9.02. The van der Waals surface area contributed by atoms with Gasteiger partial charge < -0.3 is 9.84 Å². The first-order chi connectivity index (χ1) is 10.9. The molecular weight excluding hydrogens is 290 g/mol. The van der Waals surface area contributed by atoms with Crippen molar-refractivity contribution < 1.29 is 9.32 Å². The van der Waals surface area contributed by atoms with Gasteiger partial charge in [-0.2, -0.15) is 4.98 Å². The molecule has 126 valence electrons. The van der Waals surface area contributed by atoms with Gasteiger partial charge in [-0.1, -0.05) is 25.9 Å². The molecule has 0 radical (unpaired) electrons. The van der Waals surface area contributed by atoms with Crippen LogP contribution < -0.4 is 5.32 Å². The summed E-state index contributed by atoms with van der Waals surface area (Å²) in [5.74, 6) is 2.78. The molecule has 3 saturated carbocycles. The van der Waals surface area contributed by atoms with Crippen molar-refractivity contribution in [3.8, 4) is 0 Å². The van der Waals surface area contributed by atoms with E-state index in [2.05, 4.69) is 36.2 Å². The average Bonchev–Trinajstić information content (AvgIpc) is 3.16. The van der Waals surface area contributed by atoms with Crippen LogP contribution in [0.1, 0.15) is 76.9 Å². The number of carbonyl (C=O) groups is 1. The zero-order valence-electron chi connectivity index (χ0n) is 14.4. The maximum atomic E-state index is 12.4. The van der Waals surface area contributed by atoms with E-state index in [1.54, 1.807) is 0 Å². The van der Waals surface area contributed by atoms with E-state index in [0.29, 0.717) is 36.1 Å². The molecule has 4 rings (SSSR count). The third-order valence-corrected chi connectivity index (χ3v) is 7.12. The molecule has 3 fully saturated rings. The highest BCUT2D eigenvalue weighted by atomic mass is 16.5. The van der Waals surface area contributed by atoms with Gasteiger partial charge in [-0.3, -0.25) is 4.79 Å². The second-order valence-electron chi connectivity index (χ2n) is 8.55. The Kier molecular flexibility index (Phi) is 3.33. The molecular formula is C18H27N3O2. The molecule has 1 aromatic heterocycles. The van der Waals surface area contributed by atoms with E-state index in [9.17, 15) is 4.79 Å². The van der Waals surface area contributed by atoms with Crippen molar-refractivity contribution >= 4 is 5.91 Å². The number of hydrogen-bond acceptors (Lipinski definition) is 4. The van der Waals surface area contributed by atoms with Crippen LogP contribution in [-0.2, 0) is 11.2 Å². The maximum absolute atomic E-state index is 12.4. The summed E-state index contributed by atoms with van der Waals surface area (Å²) >= 11 is 0. The van der Waals surface area contributed by atoms with Crippen LogP contribution >= 0.6 is 0 Å². The van der Waals surface area contributed by atoms with Crippen LogP contribution in [0.25, 0.3) is 0 Å². The van der Waals surface area contributed by atoms with Gasteiger partial charge in [0.25, 0.3) is 0 Å². The van der Waals surface area contributed by atoms with E-state index in [-0.39, 0.29) is 11.3 Å². The molecule has 23 heavy (non-hydrogen) atoms. The largest absolute Gasteiger partial charge is 0.353 e. The quantitative estimate of drug-likeness (QED) is 0.905. The number of carbonyl (C=O) groups excluding carboxylic acids is 1. The highest BCUT2D eigenvalue weighted by Crippen LogP contribution is 2.65.